The first kappa shape index (κ1) is 28.6. The minimum atomic E-state index is -0.537. The number of hydrogen-bond acceptors (Lipinski definition) is 7. The molecule has 2 amide bonds. The van der Waals surface area contributed by atoms with Gasteiger partial charge in [0.05, 0.1) is 24.1 Å². The summed E-state index contributed by atoms with van der Waals surface area (Å²) in [6.07, 6.45) is 8.17. The third-order valence-corrected chi connectivity index (χ3v) is 8.44. The number of benzene rings is 2. The lowest BCUT2D eigenvalue weighted by molar-refractivity contribution is 0.0790. The molecule has 4 heterocycles. The lowest BCUT2D eigenvalue weighted by Gasteiger charge is -2.22. The van der Waals surface area contributed by atoms with Gasteiger partial charge in [0.25, 0.3) is 11.8 Å². The number of likely N-dealkylation sites (tertiary alicyclic amines) is 2. The van der Waals surface area contributed by atoms with Crippen LogP contribution < -0.4 is 10.5 Å². The molecule has 10 heteroatoms. The summed E-state index contributed by atoms with van der Waals surface area (Å²) in [5.41, 5.74) is 10.1. The Balaban J connectivity index is 1.07. The molecule has 10 nitrogen and oxygen atoms in total. The van der Waals surface area contributed by atoms with Crippen molar-refractivity contribution in [2.75, 3.05) is 26.2 Å². The molecular formula is C33H36N6O4. The average Bonchev–Trinajstić information content (AvgIpc) is 3.79. The lowest BCUT2D eigenvalue weighted by atomic mass is 9.96. The Bertz CT molecular complexity index is 1600. The van der Waals surface area contributed by atoms with Gasteiger partial charge in [-0.1, -0.05) is 12.1 Å². The Labute approximate surface area is 250 Å². The van der Waals surface area contributed by atoms with Crippen molar-refractivity contribution in [2.24, 2.45) is 12.8 Å². The molecule has 0 aliphatic carbocycles. The molecule has 0 saturated carbocycles. The number of aryl methyl sites for hydroxylation is 1. The van der Waals surface area contributed by atoms with Crippen LogP contribution in [0.5, 0.6) is 11.5 Å². The van der Waals surface area contributed by atoms with E-state index in [-0.39, 0.29) is 24.5 Å². The van der Waals surface area contributed by atoms with Crippen LogP contribution in [0.15, 0.2) is 73.2 Å². The second kappa shape index (κ2) is 12.4. The molecule has 0 radical (unpaired) electrons. The second-order valence-electron chi connectivity index (χ2n) is 11.4. The zero-order chi connectivity index (χ0) is 29.9. The van der Waals surface area contributed by atoms with Gasteiger partial charge in [0.1, 0.15) is 11.5 Å². The van der Waals surface area contributed by atoms with Crippen LogP contribution in [-0.2, 0) is 13.6 Å². The summed E-state index contributed by atoms with van der Waals surface area (Å²) in [7, 11) is 1.83. The van der Waals surface area contributed by atoms with E-state index in [9.17, 15) is 14.7 Å². The number of aliphatic hydroxyl groups excluding tert-OH is 1. The van der Waals surface area contributed by atoms with Gasteiger partial charge < -0.3 is 20.5 Å². The molecule has 4 aromatic rings. The molecule has 43 heavy (non-hydrogen) atoms. The summed E-state index contributed by atoms with van der Waals surface area (Å²) in [5.74, 6) is 0.671. The van der Waals surface area contributed by atoms with Gasteiger partial charge in [0.15, 0.2) is 0 Å². The summed E-state index contributed by atoms with van der Waals surface area (Å²) in [6, 6.07) is 17.2. The molecule has 6 rings (SSSR count). The number of carbonyl (C=O) groups is 2. The predicted molar refractivity (Wildman–Crippen MR) is 162 cm³/mol. The zero-order valence-electron chi connectivity index (χ0n) is 24.2. The van der Waals surface area contributed by atoms with Gasteiger partial charge in [-0.3, -0.25) is 24.2 Å². The monoisotopic (exact) mass is 580 g/mol. The van der Waals surface area contributed by atoms with Gasteiger partial charge in [-0.25, -0.2) is 0 Å². The number of amides is 2. The highest BCUT2D eigenvalue weighted by Gasteiger charge is 2.31. The number of ether oxygens (including phenoxy) is 1. The summed E-state index contributed by atoms with van der Waals surface area (Å²) in [4.78, 5) is 34.4. The molecule has 2 aromatic heterocycles. The van der Waals surface area contributed by atoms with Gasteiger partial charge in [-0.05, 0) is 73.8 Å². The van der Waals surface area contributed by atoms with Crippen molar-refractivity contribution in [2.45, 2.75) is 37.8 Å². The Morgan fingerprint density at radius 2 is 1.74 bits per heavy atom. The van der Waals surface area contributed by atoms with Crippen molar-refractivity contribution in [1.82, 2.24) is 24.6 Å². The highest BCUT2D eigenvalue weighted by molar-refractivity contribution is 5.96. The molecule has 2 atom stereocenters. The van der Waals surface area contributed by atoms with Gasteiger partial charge in [0, 0.05) is 67.7 Å². The Hall–Kier alpha value is -4.54. The van der Waals surface area contributed by atoms with Crippen molar-refractivity contribution < 1.29 is 19.4 Å². The number of rotatable bonds is 9. The Morgan fingerprint density at radius 1 is 1.00 bits per heavy atom. The van der Waals surface area contributed by atoms with E-state index in [1.54, 1.807) is 52.3 Å². The zero-order valence-corrected chi connectivity index (χ0v) is 24.2. The molecule has 0 bridgehead atoms. The maximum absolute atomic E-state index is 13.3. The standard InChI is InChI=1S/C33H36N6O4/c1-37-19-26(17-36-37)25-15-30(32(34)41)31(35-16-25)24-12-14-39(20-24)33(42)23-6-10-29(11-7-23)43-28-8-4-22(5-9-28)18-38-13-2-3-27(38)21-40/h4-11,15-17,19,24,27,40H,2-3,12-14,18,20-21H2,1H3,(H2,34,41)/t24-,27-/m1/s1. The van der Waals surface area contributed by atoms with Crippen LogP contribution in [0.2, 0.25) is 0 Å². The van der Waals surface area contributed by atoms with E-state index in [1.165, 1.54) is 5.56 Å². The van der Waals surface area contributed by atoms with Gasteiger partial charge in [0.2, 0.25) is 0 Å². The van der Waals surface area contributed by atoms with Crippen LogP contribution in [0.25, 0.3) is 11.1 Å². The summed E-state index contributed by atoms with van der Waals surface area (Å²) < 4.78 is 7.71. The van der Waals surface area contributed by atoms with Crippen LogP contribution in [-0.4, -0.2) is 73.8 Å². The van der Waals surface area contributed by atoms with E-state index in [0.717, 1.165) is 42.8 Å². The van der Waals surface area contributed by atoms with Crippen molar-refractivity contribution in [1.29, 1.82) is 0 Å². The topological polar surface area (TPSA) is 127 Å². The van der Waals surface area contributed by atoms with E-state index in [1.807, 2.05) is 25.4 Å². The average molecular weight is 581 g/mol. The molecule has 2 fully saturated rings. The normalized spacial score (nSPS) is 18.7. The number of nitrogens with two attached hydrogens (primary N) is 1. The quantitative estimate of drug-likeness (QED) is 0.307. The fourth-order valence-corrected chi connectivity index (χ4v) is 6.09. The highest BCUT2D eigenvalue weighted by atomic mass is 16.5. The Kier molecular flexibility index (Phi) is 8.22. The number of pyridine rings is 1. The van der Waals surface area contributed by atoms with Crippen LogP contribution in [0.3, 0.4) is 0 Å². The van der Waals surface area contributed by atoms with Gasteiger partial charge in [-0.2, -0.15) is 5.10 Å². The number of carbonyl (C=O) groups excluding carboxylic acids is 2. The summed E-state index contributed by atoms with van der Waals surface area (Å²) in [6.45, 7) is 3.05. The summed E-state index contributed by atoms with van der Waals surface area (Å²) >= 11 is 0. The van der Waals surface area contributed by atoms with E-state index < -0.39 is 5.91 Å². The summed E-state index contributed by atoms with van der Waals surface area (Å²) in [5, 5.41) is 13.7. The van der Waals surface area contributed by atoms with Crippen LogP contribution in [0.1, 0.15) is 57.2 Å². The molecular weight excluding hydrogens is 544 g/mol. The second-order valence-corrected chi connectivity index (χ2v) is 11.4. The number of aromatic nitrogens is 3. The fourth-order valence-electron chi connectivity index (χ4n) is 6.09. The molecule has 2 saturated heterocycles. The number of hydrogen-bond donors (Lipinski definition) is 2. The third-order valence-electron chi connectivity index (χ3n) is 8.44. The van der Waals surface area contributed by atoms with Crippen molar-refractivity contribution in [3.63, 3.8) is 0 Å². The van der Waals surface area contributed by atoms with Crippen molar-refractivity contribution >= 4 is 11.8 Å². The SMILES string of the molecule is Cn1cc(-c2cnc([C@@H]3CCN(C(=O)c4ccc(Oc5ccc(CN6CCC[C@@H]6CO)cc5)cc4)C3)c(C(N)=O)c2)cn1. The largest absolute Gasteiger partial charge is 0.457 e. The maximum atomic E-state index is 13.3. The van der Waals surface area contributed by atoms with Crippen LogP contribution >= 0.6 is 0 Å². The van der Waals surface area contributed by atoms with E-state index in [0.29, 0.717) is 42.1 Å². The smallest absolute Gasteiger partial charge is 0.253 e. The fraction of sp³-hybridized carbons (Fsp3) is 0.333. The molecule has 2 aromatic carbocycles. The Morgan fingerprint density at radius 3 is 2.42 bits per heavy atom. The van der Waals surface area contributed by atoms with Gasteiger partial charge >= 0.3 is 0 Å². The van der Waals surface area contributed by atoms with Crippen LogP contribution in [0.4, 0.5) is 0 Å². The molecule has 0 unspecified atom stereocenters. The number of aliphatic hydroxyl groups is 1. The van der Waals surface area contributed by atoms with E-state index >= 15 is 0 Å². The maximum Gasteiger partial charge on any atom is 0.253 e. The first-order valence-electron chi connectivity index (χ1n) is 14.7. The van der Waals surface area contributed by atoms with Crippen molar-refractivity contribution in [3.8, 4) is 22.6 Å². The minimum Gasteiger partial charge on any atom is -0.457 e. The molecule has 222 valence electrons. The minimum absolute atomic E-state index is 0.0749. The predicted octanol–water partition coefficient (Wildman–Crippen LogP) is 3.96. The van der Waals surface area contributed by atoms with Gasteiger partial charge in [-0.15, -0.1) is 0 Å². The van der Waals surface area contributed by atoms with Crippen molar-refractivity contribution in [3.05, 3.63) is 95.6 Å². The van der Waals surface area contributed by atoms with Crippen LogP contribution in [0, 0.1) is 0 Å². The third kappa shape index (κ3) is 6.30. The number of nitrogens with zero attached hydrogens (tertiary/aromatic N) is 5. The highest BCUT2D eigenvalue weighted by Crippen LogP contribution is 2.32. The first-order valence-corrected chi connectivity index (χ1v) is 14.7. The van der Waals surface area contributed by atoms with E-state index in [2.05, 4.69) is 27.1 Å². The lowest BCUT2D eigenvalue weighted by Crippen LogP contribution is -2.31. The molecule has 2 aliphatic rings. The van der Waals surface area contributed by atoms with E-state index in [4.69, 9.17) is 10.5 Å². The molecule has 0 spiro atoms. The molecule has 3 N–H and O–H groups in total. The molecule has 2 aliphatic heterocycles. The first-order chi connectivity index (χ1) is 20.9. The number of primary amides is 1.